The van der Waals surface area contributed by atoms with E-state index in [1.54, 1.807) is 24.3 Å². The Morgan fingerprint density at radius 3 is 1.25 bits per heavy atom. The number of hydrogen-bond acceptors (Lipinski definition) is 1. The molecule has 74 valence electrons. The van der Waals surface area contributed by atoms with Crippen molar-refractivity contribution in [2.45, 2.75) is 0 Å². The summed E-state index contributed by atoms with van der Waals surface area (Å²) in [6.07, 6.45) is 0. The number of halogens is 4. The maximum Gasteiger partial charge on any atom is 0.115 e. The maximum absolute atomic E-state index is 8.63. The van der Waals surface area contributed by atoms with Gasteiger partial charge in [0.1, 0.15) is 5.75 Å². The van der Waals surface area contributed by atoms with Gasteiger partial charge >= 0.3 is 0 Å². The van der Waals surface area contributed by atoms with Crippen molar-refractivity contribution in [2.24, 2.45) is 0 Å². The van der Waals surface area contributed by atoms with Gasteiger partial charge in [0.15, 0.2) is 0 Å². The quantitative estimate of drug-likeness (QED) is 0.443. The molecule has 0 aromatic heterocycles. The molecular weight excluding hydrogens is 414 g/mol. The summed E-state index contributed by atoms with van der Waals surface area (Å²) >= 11 is 0. The Balaban J connectivity index is -0.0000000327. The minimum atomic E-state index is 0. The van der Waals surface area contributed by atoms with Crippen LogP contribution in [-0.4, -0.2) is 5.11 Å². The van der Waals surface area contributed by atoms with Gasteiger partial charge in [-0.1, -0.05) is 18.2 Å². The Kier molecular flexibility index (Phi) is 43.5. The Morgan fingerprint density at radius 1 is 0.750 bits per heavy atom. The molecule has 0 atom stereocenters. The van der Waals surface area contributed by atoms with E-state index in [4.69, 9.17) is 5.11 Å². The Hall–Kier alpha value is 0.868. The fourth-order valence-electron chi connectivity index (χ4n) is 0.428. The molecule has 0 aliphatic heterocycles. The first-order valence-electron chi connectivity index (χ1n) is 2.13. The molecule has 12 heavy (non-hydrogen) atoms. The van der Waals surface area contributed by atoms with Gasteiger partial charge in [-0.15, -0.1) is 0 Å². The van der Waals surface area contributed by atoms with Crippen molar-refractivity contribution in [3.63, 3.8) is 0 Å². The number of phenols is 1. The van der Waals surface area contributed by atoms with E-state index in [0.29, 0.717) is 5.75 Å². The van der Waals surface area contributed by atoms with Crippen molar-refractivity contribution in [3.8, 4) is 5.75 Å². The molecule has 1 N–H and O–H groups in total. The molecule has 0 fully saturated rings. The molecule has 0 saturated carbocycles. The summed E-state index contributed by atoms with van der Waals surface area (Å²) in [5.74, 6) is 0.322. The largest absolute Gasteiger partial charge is 1.00 e. The monoisotopic (exact) mass is 418 g/mol. The molecule has 0 radical (unpaired) electrons. The molecule has 0 saturated heterocycles. The second-order valence-corrected chi connectivity index (χ2v) is 1.34. The summed E-state index contributed by atoms with van der Waals surface area (Å²) in [6, 6.07) is 8.71. The van der Waals surface area contributed by atoms with E-state index in [9.17, 15) is 0 Å². The van der Waals surface area contributed by atoms with Crippen molar-refractivity contribution < 1.29 is 75.8 Å². The van der Waals surface area contributed by atoms with Gasteiger partial charge in [0.05, 0.1) is 0 Å². The minimum absolute atomic E-state index is 0. The molecule has 0 aliphatic carbocycles. The average Bonchev–Trinajstić information content (AvgIpc) is 1.69. The van der Waals surface area contributed by atoms with Gasteiger partial charge in [-0.05, 0) is 12.1 Å². The summed E-state index contributed by atoms with van der Waals surface area (Å²) in [5.41, 5.74) is 0. The van der Waals surface area contributed by atoms with Crippen LogP contribution in [0.3, 0.4) is 0 Å². The Morgan fingerprint density at radius 2 is 1.08 bits per heavy atom. The molecule has 0 heterocycles. The Labute approximate surface area is 111 Å². The van der Waals surface area contributed by atoms with Gasteiger partial charge in [-0.3, -0.25) is 0 Å². The second kappa shape index (κ2) is 17.8. The Bertz CT molecular complexity index is 149. The molecule has 0 spiro atoms. The van der Waals surface area contributed by atoms with E-state index >= 15 is 0 Å². The topological polar surface area (TPSA) is 20.2 Å². The van der Waals surface area contributed by atoms with Gasteiger partial charge in [0.2, 0.25) is 0 Å². The third-order valence-corrected chi connectivity index (χ3v) is 0.756. The molecular formula is C6H6Cl4OW-4. The fourth-order valence-corrected chi connectivity index (χ4v) is 0.428. The van der Waals surface area contributed by atoms with Crippen LogP contribution in [0, 0.1) is 0 Å². The van der Waals surface area contributed by atoms with E-state index in [2.05, 4.69) is 0 Å². The maximum atomic E-state index is 8.63. The van der Waals surface area contributed by atoms with E-state index in [0.717, 1.165) is 0 Å². The molecule has 6 heteroatoms. The predicted molar refractivity (Wildman–Crippen MR) is 28.1 cm³/mol. The van der Waals surface area contributed by atoms with Gasteiger partial charge < -0.3 is 54.7 Å². The van der Waals surface area contributed by atoms with E-state index in [1.807, 2.05) is 6.07 Å². The third kappa shape index (κ3) is 13.5. The van der Waals surface area contributed by atoms with Crippen molar-refractivity contribution in [2.75, 3.05) is 0 Å². The summed E-state index contributed by atoms with van der Waals surface area (Å²) in [5, 5.41) is 8.63. The van der Waals surface area contributed by atoms with Gasteiger partial charge in [-0.25, -0.2) is 0 Å². The van der Waals surface area contributed by atoms with E-state index < -0.39 is 0 Å². The van der Waals surface area contributed by atoms with Crippen molar-refractivity contribution in [1.82, 2.24) is 0 Å². The first-order valence-corrected chi connectivity index (χ1v) is 2.13. The molecule has 1 nitrogen and oxygen atoms in total. The van der Waals surface area contributed by atoms with Crippen molar-refractivity contribution >= 4 is 0 Å². The number of para-hydroxylation sites is 1. The third-order valence-electron chi connectivity index (χ3n) is 0.756. The first kappa shape index (κ1) is 29.3. The number of hydrogen-bond donors (Lipinski definition) is 1. The van der Waals surface area contributed by atoms with Crippen LogP contribution in [0.1, 0.15) is 0 Å². The van der Waals surface area contributed by atoms with Crippen LogP contribution in [0.4, 0.5) is 0 Å². The zero-order valence-corrected chi connectivity index (χ0v) is 11.7. The first-order chi connectivity index (χ1) is 3.39. The number of aromatic hydroxyl groups is 1. The summed E-state index contributed by atoms with van der Waals surface area (Å²) in [7, 11) is 0. The van der Waals surface area contributed by atoms with E-state index in [1.165, 1.54) is 0 Å². The molecule has 0 unspecified atom stereocenters. The predicted octanol–water partition coefficient (Wildman–Crippen LogP) is -10.6. The summed E-state index contributed by atoms with van der Waals surface area (Å²) < 4.78 is 0. The van der Waals surface area contributed by atoms with Gasteiger partial charge in [0.25, 0.3) is 0 Å². The van der Waals surface area contributed by atoms with Gasteiger partial charge in [0, 0.05) is 21.1 Å². The molecule has 1 aromatic carbocycles. The standard InChI is InChI=1S/C6H6O.4ClH.W/c7-6-4-2-1-3-5-6;;;;;/h1-5,7H;4*1H;/p-4. The number of rotatable bonds is 0. The second-order valence-electron chi connectivity index (χ2n) is 1.34. The van der Waals surface area contributed by atoms with Crippen LogP contribution in [0.25, 0.3) is 0 Å². The number of phenolic OH excluding ortho intramolecular Hbond substituents is 1. The SMILES string of the molecule is Oc1ccccc1.[Cl-].[Cl-].[Cl-].[Cl-].[W]. The molecule has 1 aromatic rings. The normalized spacial score (nSPS) is 5.00. The van der Waals surface area contributed by atoms with Crippen molar-refractivity contribution in [3.05, 3.63) is 30.3 Å². The molecule has 1 rings (SSSR count). The molecule has 0 amide bonds. The zero-order chi connectivity index (χ0) is 5.11. The summed E-state index contributed by atoms with van der Waals surface area (Å²) in [4.78, 5) is 0. The minimum Gasteiger partial charge on any atom is -1.00 e. The van der Waals surface area contributed by atoms with Crippen LogP contribution in [0.15, 0.2) is 30.3 Å². The molecule has 0 bridgehead atoms. The van der Waals surface area contributed by atoms with Crippen LogP contribution >= 0.6 is 0 Å². The van der Waals surface area contributed by atoms with Crippen LogP contribution in [0.5, 0.6) is 5.75 Å². The smallest absolute Gasteiger partial charge is 0.115 e. The van der Waals surface area contributed by atoms with E-state index in [-0.39, 0.29) is 70.7 Å². The zero-order valence-electron chi connectivity index (χ0n) is 5.75. The van der Waals surface area contributed by atoms with Crippen molar-refractivity contribution in [1.29, 1.82) is 0 Å². The van der Waals surface area contributed by atoms with Crippen LogP contribution < -0.4 is 49.6 Å². The molecule has 0 aliphatic rings. The van der Waals surface area contributed by atoms with Crippen LogP contribution in [-0.2, 0) is 21.1 Å². The summed E-state index contributed by atoms with van der Waals surface area (Å²) in [6.45, 7) is 0. The van der Waals surface area contributed by atoms with Crippen LogP contribution in [0.2, 0.25) is 0 Å². The van der Waals surface area contributed by atoms with Gasteiger partial charge in [-0.2, -0.15) is 0 Å². The fraction of sp³-hybridized carbons (Fsp3) is 0. The number of benzene rings is 1. The average molecular weight is 420 g/mol.